The van der Waals surface area contributed by atoms with Crippen molar-refractivity contribution in [3.8, 4) is 11.1 Å². The van der Waals surface area contributed by atoms with E-state index in [1.807, 2.05) is 42.5 Å². The third kappa shape index (κ3) is 3.40. The molecule has 154 valence electrons. The van der Waals surface area contributed by atoms with Crippen LogP contribution in [0.2, 0.25) is 0 Å². The maximum Gasteiger partial charge on any atom is 0.255 e. The first kappa shape index (κ1) is 19.0. The fraction of sp³-hybridized carbons (Fsp3) is 0.348. The van der Waals surface area contributed by atoms with Crippen LogP contribution in [0.3, 0.4) is 0 Å². The minimum absolute atomic E-state index is 0.159. The lowest BCUT2D eigenvalue weighted by molar-refractivity contribution is -0.183. The van der Waals surface area contributed by atoms with E-state index in [2.05, 4.69) is 5.32 Å². The zero-order valence-corrected chi connectivity index (χ0v) is 16.4. The Labute approximate surface area is 174 Å². The lowest BCUT2D eigenvalue weighted by Crippen LogP contribution is -2.52. The molecular formula is C23H22N2O5. The molecule has 0 spiro atoms. The summed E-state index contributed by atoms with van der Waals surface area (Å²) in [5.74, 6) is -0.835. The molecule has 1 atom stereocenters. The van der Waals surface area contributed by atoms with Crippen molar-refractivity contribution in [3.05, 3.63) is 59.2 Å². The summed E-state index contributed by atoms with van der Waals surface area (Å²) in [6, 6.07) is 13.2. The number of hydrogen-bond acceptors (Lipinski definition) is 5. The van der Waals surface area contributed by atoms with E-state index in [1.165, 1.54) is 0 Å². The molecule has 5 rings (SSSR count). The summed E-state index contributed by atoms with van der Waals surface area (Å²) >= 11 is 0. The van der Waals surface area contributed by atoms with Gasteiger partial charge in [0.05, 0.1) is 13.2 Å². The Kier molecular flexibility index (Phi) is 4.84. The van der Waals surface area contributed by atoms with Gasteiger partial charge in [-0.25, -0.2) is 0 Å². The molecule has 7 heteroatoms. The van der Waals surface area contributed by atoms with Gasteiger partial charge in [-0.1, -0.05) is 30.3 Å². The first-order valence-electron chi connectivity index (χ1n) is 10.2. The molecule has 0 aromatic heterocycles. The number of rotatable bonds is 3. The molecule has 0 radical (unpaired) electrons. The topological polar surface area (TPSA) is 84.9 Å². The third-order valence-electron chi connectivity index (χ3n) is 5.87. The normalized spacial score (nSPS) is 22.2. The lowest BCUT2D eigenvalue weighted by atomic mass is 9.99. The number of fused-ring (bicyclic) bond motifs is 1. The molecule has 2 fully saturated rings. The van der Waals surface area contributed by atoms with Gasteiger partial charge in [-0.05, 0) is 41.7 Å². The molecule has 7 nitrogen and oxygen atoms in total. The van der Waals surface area contributed by atoms with Gasteiger partial charge in [0.2, 0.25) is 11.8 Å². The van der Waals surface area contributed by atoms with Crippen LogP contribution in [0.15, 0.2) is 42.5 Å². The molecule has 1 N–H and O–H groups in total. The average molecular weight is 406 g/mol. The Morgan fingerprint density at radius 2 is 1.67 bits per heavy atom. The zero-order valence-electron chi connectivity index (χ0n) is 16.4. The summed E-state index contributed by atoms with van der Waals surface area (Å²) in [6.07, 6.45) is 1.22. The number of piperidine rings is 1. The monoisotopic (exact) mass is 406 g/mol. The van der Waals surface area contributed by atoms with E-state index in [0.717, 1.165) is 28.7 Å². The van der Waals surface area contributed by atoms with Gasteiger partial charge in [0, 0.05) is 24.1 Å². The molecule has 2 aromatic rings. The Bertz CT molecular complexity index is 1010. The van der Waals surface area contributed by atoms with Gasteiger partial charge >= 0.3 is 0 Å². The highest BCUT2D eigenvalue weighted by Gasteiger charge is 2.39. The van der Waals surface area contributed by atoms with Crippen molar-refractivity contribution < 1.29 is 23.9 Å². The standard InChI is InChI=1S/C23H22N2O5/c26-20-9-8-19(21(27)24-20)25-13-17-12-16(6-7-18(17)22(25)28)14-2-4-15(5-3-14)23-29-10-1-11-30-23/h2-7,12,19,23H,1,8-11,13H2,(H,24,26,27). The van der Waals surface area contributed by atoms with Crippen LogP contribution in [0.1, 0.15) is 47.0 Å². The van der Waals surface area contributed by atoms with Crippen molar-refractivity contribution in [2.24, 2.45) is 0 Å². The fourth-order valence-corrected chi connectivity index (χ4v) is 4.27. The quantitative estimate of drug-likeness (QED) is 0.792. The molecule has 0 saturated carbocycles. The van der Waals surface area contributed by atoms with Gasteiger partial charge in [0.15, 0.2) is 6.29 Å². The van der Waals surface area contributed by atoms with Crippen molar-refractivity contribution in [1.82, 2.24) is 10.2 Å². The van der Waals surface area contributed by atoms with Crippen LogP contribution in [0.25, 0.3) is 11.1 Å². The van der Waals surface area contributed by atoms with Crippen molar-refractivity contribution >= 4 is 17.7 Å². The molecular weight excluding hydrogens is 384 g/mol. The van der Waals surface area contributed by atoms with E-state index < -0.39 is 11.9 Å². The number of amides is 3. The van der Waals surface area contributed by atoms with Crippen LogP contribution in [0.4, 0.5) is 0 Å². The minimum Gasteiger partial charge on any atom is -0.348 e. The van der Waals surface area contributed by atoms with Crippen LogP contribution in [-0.2, 0) is 25.6 Å². The molecule has 3 aliphatic rings. The molecule has 0 bridgehead atoms. The number of nitrogens with one attached hydrogen (secondary N) is 1. The Balaban J connectivity index is 1.35. The third-order valence-corrected chi connectivity index (χ3v) is 5.87. The Morgan fingerprint density at radius 1 is 0.933 bits per heavy atom. The van der Waals surface area contributed by atoms with Crippen molar-refractivity contribution in [2.45, 2.75) is 38.1 Å². The van der Waals surface area contributed by atoms with Gasteiger partial charge in [0.25, 0.3) is 5.91 Å². The maximum absolute atomic E-state index is 12.8. The van der Waals surface area contributed by atoms with Crippen molar-refractivity contribution in [2.75, 3.05) is 13.2 Å². The van der Waals surface area contributed by atoms with Gasteiger partial charge in [-0.2, -0.15) is 0 Å². The second-order valence-corrected chi connectivity index (χ2v) is 7.82. The largest absolute Gasteiger partial charge is 0.348 e. The number of carbonyl (C=O) groups is 3. The number of hydrogen-bond donors (Lipinski definition) is 1. The first-order chi connectivity index (χ1) is 14.6. The van der Waals surface area contributed by atoms with Gasteiger partial charge in [-0.15, -0.1) is 0 Å². The molecule has 3 amide bonds. The number of ether oxygens (including phenoxy) is 2. The highest BCUT2D eigenvalue weighted by atomic mass is 16.7. The van der Waals surface area contributed by atoms with Gasteiger partial charge < -0.3 is 14.4 Å². The number of benzene rings is 2. The predicted octanol–water partition coefficient (Wildman–Crippen LogP) is 2.55. The van der Waals surface area contributed by atoms with E-state index >= 15 is 0 Å². The summed E-state index contributed by atoms with van der Waals surface area (Å²) in [5.41, 5.74) is 4.53. The summed E-state index contributed by atoms with van der Waals surface area (Å²) in [6.45, 7) is 1.78. The molecule has 30 heavy (non-hydrogen) atoms. The maximum atomic E-state index is 12.8. The zero-order chi connectivity index (χ0) is 20.7. The first-order valence-corrected chi connectivity index (χ1v) is 10.2. The van der Waals surface area contributed by atoms with Crippen LogP contribution in [0.5, 0.6) is 0 Å². The summed E-state index contributed by atoms with van der Waals surface area (Å²) in [7, 11) is 0. The number of imide groups is 1. The predicted molar refractivity (Wildman–Crippen MR) is 107 cm³/mol. The highest BCUT2D eigenvalue weighted by molar-refractivity contribution is 6.05. The molecule has 2 saturated heterocycles. The van der Waals surface area contributed by atoms with E-state index in [-0.39, 0.29) is 24.5 Å². The molecule has 1 unspecified atom stereocenters. The van der Waals surface area contributed by atoms with Crippen LogP contribution in [-0.4, -0.2) is 41.9 Å². The van der Waals surface area contributed by atoms with E-state index in [0.29, 0.717) is 31.7 Å². The number of nitrogens with zero attached hydrogens (tertiary/aromatic N) is 1. The van der Waals surface area contributed by atoms with E-state index in [9.17, 15) is 14.4 Å². The van der Waals surface area contributed by atoms with Crippen molar-refractivity contribution in [3.63, 3.8) is 0 Å². The van der Waals surface area contributed by atoms with Crippen LogP contribution in [0, 0.1) is 0 Å². The fourth-order valence-electron chi connectivity index (χ4n) is 4.27. The van der Waals surface area contributed by atoms with Gasteiger partial charge in [-0.3, -0.25) is 19.7 Å². The second kappa shape index (κ2) is 7.66. The Morgan fingerprint density at radius 3 is 2.40 bits per heavy atom. The van der Waals surface area contributed by atoms with Gasteiger partial charge in [0.1, 0.15) is 6.04 Å². The molecule has 3 heterocycles. The second-order valence-electron chi connectivity index (χ2n) is 7.82. The van der Waals surface area contributed by atoms with E-state index in [4.69, 9.17) is 9.47 Å². The minimum atomic E-state index is -0.596. The summed E-state index contributed by atoms with van der Waals surface area (Å²) in [5, 5.41) is 2.33. The summed E-state index contributed by atoms with van der Waals surface area (Å²) in [4.78, 5) is 38.0. The average Bonchev–Trinajstić information content (AvgIpc) is 3.10. The number of carbonyl (C=O) groups excluding carboxylic acids is 3. The Hall–Kier alpha value is -3.03. The molecule has 2 aromatic carbocycles. The lowest BCUT2D eigenvalue weighted by Gasteiger charge is -2.29. The summed E-state index contributed by atoms with van der Waals surface area (Å²) < 4.78 is 11.3. The highest BCUT2D eigenvalue weighted by Crippen LogP contribution is 2.32. The smallest absolute Gasteiger partial charge is 0.255 e. The van der Waals surface area contributed by atoms with E-state index in [1.54, 1.807) is 4.90 Å². The molecule has 3 aliphatic heterocycles. The SMILES string of the molecule is O=C1CCC(N2Cc3cc(-c4ccc(C5OCCCO5)cc4)ccc3C2=O)C(=O)N1. The van der Waals surface area contributed by atoms with Crippen LogP contribution < -0.4 is 5.32 Å². The van der Waals surface area contributed by atoms with Crippen molar-refractivity contribution in [1.29, 1.82) is 0 Å². The van der Waals surface area contributed by atoms with Crippen LogP contribution >= 0.6 is 0 Å². The molecule has 0 aliphatic carbocycles.